The summed E-state index contributed by atoms with van der Waals surface area (Å²) in [6, 6.07) is 10.3. The first-order valence-corrected chi connectivity index (χ1v) is 11.7. The second-order valence-electron chi connectivity index (χ2n) is 8.76. The van der Waals surface area contributed by atoms with Gasteiger partial charge in [-0.05, 0) is 41.7 Å². The number of aromatic nitrogens is 1. The summed E-state index contributed by atoms with van der Waals surface area (Å²) in [4.78, 5) is 10.2. The average molecular weight is 544 g/mol. The Morgan fingerprint density at radius 3 is 2.29 bits per heavy atom. The second kappa shape index (κ2) is 12.4. The molecule has 0 aliphatic carbocycles. The number of allylic oxidation sites excluding steroid dienone is 4. The molecular weight excluding hydrogens is 511 g/mol. The standard InChI is InChI=1S/C28H30F7N3.H2/c1-6-9-22(17-36-3)23-12-13-24(21-11-8-10-20(16-21)19(7-2)18-38(4)5)37-25(23)14-15-26(29,30)27(31,32)28(33,34)35;/h7-13,16-18H,2,6,14-15H2,1,3-5H3;1H/b19-18+,22-9+,36-17?;. The van der Waals surface area contributed by atoms with Crippen molar-refractivity contribution in [3.8, 4) is 11.3 Å². The zero-order valence-corrected chi connectivity index (χ0v) is 21.6. The molecule has 2 aromatic rings. The predicted molar refractivity (Wildman–Crippen MR) is 141 cm³/mol. The molecule has 2 rings (SSSR count). The van der Waals surface area contributed by atoms with E-state index in [-0.39, 0.29) is 7.12 Å². The van der Waals surface area contributed by atoms with E-state index in [4.69, 9.17) is 0 Å². The number of rotatable bonds is 11. The first kappa shape index (κ1) is 30.8. The lowest BCUT2D eigenvalue weighted by Gasteiger charge is -2.28. The van der Waals surface area contributed by atoms with E-state index in [0.717, 1.165) is 11.1 Å². The molecule has 10 heteroatoms. The topological polar surface area (TPSA) is 28.5 Å². The molecule has 0 atom stereocenters. The van der Waals surface area contributed by atoms with Crippen LogP contribution in [-0.2, 0) is 6.42 Å². The Hall–Kier alpha value is -3.43. The molecule has 0 spiro atoms. The molecule has 0 aliphatic heterocycles. The lowest BCUT2D eigenvalue weighted by Crippen LogP contribution is -2.52. The van der Waals surface area contributed by atoms with Crippen molar-refractivity contribution >= 4 is 17.4 Å². The van der Waals surface area contributed by atoms with Gasteiger partial charge in [0.2, 0.25) is 0 Å². The maximum atomic E-state index is 14.2. The van der Waals surface area contributed by atoms with Gasteiger partial charge in [0.15, 0.2) is 0 Å². The van der Waals surface area contributed by atoms with Crippen molar-refractivity contribution in [2.24, 2.45) is 4.99 Å². The predicted octanol–water partition coefficient (Wildman–Crippen LogP) is 8.34. The zero-order valence-electron chi connectivity index (χ0n) is 21.6. The van der Waals surface area contributed by atoms with Crippen LogP contribution >= 0.6 is 0 Å². The highest BCUT2D eigenvalue weighted by atomic mass is 19.4. The number of aliphatic imine (C=N–C) groups is 1. The average Bonchev–Trinajstić information content (AvgIpc) is 2.85. The lowest BCUT2D eigenvalue weighted by molar-refractivity contribution is -0.355. The fourth-order valence-corrected chi connectivity index (χ4v) is 3.73. The maximum absolute atomic E-state index is 14.2. The van der Waals surface area contributed by atoms with Crippen LogP contribution in [0.5, 0.6) is 0 Å². The number of benzene rings is 1. The van der Waals surface area contributed by atoms with E-state index >= 15 is 0 Å². The Labute approximate surface area is 219 Å². The quantitative estimate of drug-likeness (QED) is 0.162. The third-order valence-electron chi connectivity index (χ3n) is 5.58. The smallest absolute Gasteiger partial charge is 0.383 e. The number of aryl methyl sites for hydroxylation is 1. The molecule has 0 radical (unpaired) electrons. The van der Waals surface area contributed by atoms with Crippen LogP contribution in [0, 0.1) is 0 Å². The number of pyridine rings is 1. The summed E-state index contributed by atoms with van der Waals surface area (Å²) in [7, 11) is 5.19. The number of nitrogens with zero attached hydrogens (tertiary/aromatic N) is 3. The highest BCUT2D eigenvalue weighted by Gasteiger charge is 2.72. The fourth-order valence-electron chi connectivity index (χ4n) is 3.73. The molecule has 0 bridgehead atoms. The Morgan fingerprint density at radius 2 is 1.74 bits per heavy atom. The van der Waals surface area contributed by atoms with E-state index in [0.29, 0.717) is 28.8 Å². The van der Waals surface area contributed by atoms with Crippen molar-refractivity contribution in [3.05, 3.63) is 78.1 Å². The molecule has 3 nitrogen and oxygen atoms in total. The monoisotopic (exact) mass is 543 g/mol. The summed E-state index contributed by atoms with van der Waals surface area (Å²) in [6.45, 7) is 5.64. The minimum Gasteiger partial charge on any atom is -0.383 e. The molecule has 38 heavy (non-hydrogen) atoms. The zero-order chi connectivity index (χ0) is 28.7. The summed E-state index contributed by atoms with van der Waals surface area (Å²) in [6.07, 6.45) is -1.72. The van der Waals surface area contributed by atoms with E-state index in [1.165, 1.54) is 13.3 Å². The van der Waals surface area contributed by atoms with Crippen LogP contribution in [0.2, 0.25) is 0 Å². The molecule has 0 unspecified atom stereocenters. The van der Waals surface area contributed by atoms with Gasteiger partial charge in [-0.25, -0.2) is 0 Å². The Balaban J connectivity index is 0.00000760. The Morgan fingerprint density at radius 1 is 1.05 bits per heavy atom. The molecule has 208 valence electrons. The summed E-state index contributed by atoms with van der Waals surface area (Å²) < 4.78 is 93.5. The highest BCUT2D eigenvalue weighted by Crippen LogP contribution is 2.48. The van der Waals surface area contributed by atoms with Crippen molar-refractivity contribution in [1.29, 1.82) is 0 Å². The van der Waals surface area contributed by atoms with Crippen molar-refractivity contribution in [2.75, 3.05) is 21.1 Å². The third-order valence-corrected chi connectivity index (χ3v) is 5.58. The van der Waals surface area contributed by atoms with Gasteiger partial charge in [-0.3, -0.25) is 9.98 Å². The molecule has 0 saturated heterocycles. The maximum Gasteiger partial charge on any atom is 0.459 e. The largest absolute Gasteiger partial charge is 0.459 e. The van der Waals surface area contributed by atoms with Crippen LogP contribution in [0.3, 0.4) is 0 Å². The summed E-state index contributed by atoms with van der Waals surface area (Å²) >= 11 is 0. The van der Waals surface area contributed by atoms with Crippen LogP contribution in [0.25, 0.3) is 22.4 Å². The number of alkyl halides is 7. The molecule has 0 aliphatic rings. The highest BCUT2D eigenvalue weighted by molar-refractivity contribution is 6.10. The van der Waals surface area contributed by atoms with Crippen molar-refractivity contribution < 1.29 is 32.2 Å². The molecule has 0 N–H and O–H groups in total. The minimum atomic E-state index is -6.39. The van der Waals surface area contributed by atoms with Crippen LogP contribution in [0.15, 0.2) is 66.3 Å². The summed E-state index contributed by atoms with van der Waals surface area (Å²) in [5.74, 6) is -11.5. The van der Waals surface area contributed by atoms with Crippen LogP contribution in [0.4, 0.5) is 30.7 Å². The van der Waals surface area contributed by atoms with E-state index in [2.05, 4.69) is 16.6 Å². The van der Waals surface area contributed by atoms with Gasteiger partial charge in [0.1, 0.15) is 0 Å². The van der Waals surface area contributed by atoms with Crippen LogP contribution < -0.4 is 0 Å². The molecule has 0 saturated carbocycles. The second-order valence-corrected chi connectivity index (χ2v) is 8.76. The SMILES string of the molecule is C=C/C(=C\N(C)C)c1cccc(-c2ccc(/C(C=NC)=C/CC)c(CCC(F)(F)C(F)(F)C(F)(F)F)n2)c1.[HH]. The number of hydrogen-bond donors (Lipinski definition) is 0. The fraction of sp³-hybridized carbons (Fsp3) is 0.357. The summed E-state index contributed by atoms with van der Waals surface area (Å²) in [5, 5.41) is 0. The first-order valence-electron chi connectivity index (χ1n) is 11.7. The van der Waals surface area contributed by atoms with Gasteiger partial charge in [-0.15, -0.1) is 0 Å². The number of hydrogen-bond acceptors (Lipinski definition) is 3. The van der Waals surface area contributed by atoms with Gasteiger partial charge in [0, 0.05) is 58.2 Å². The number of halogens is 7. The summed E-state index contributed by atoms with van der Waals surface area (Å²) in [5.41, 5.74) is 3.30. The molecule has 0 fully saturated rings. The first-order chi connectivity index (χ1) is 17.7. The Kier molecular flexibility index (Phi) is 10.1. The van der Waals surface area contributed by atoms with Crippen molar-refractivity contribution in [2.45, 2.75) is 44.2 Å². The normalized spacial score (nSPS) is 13.8. The molecule has 1 aromatic carbocycles. The van der Waals surface area contributed by atoms with Gasteiger partial charge in [0.25, 0.3) is 0 Å². The Bertz CT molecular complexity index is 1220. The van der Waals surface area contributed by atoms with Gasteiger partial charge in [-0.1, -0.05) is 49.9 Å². The third kappa shape index (κ3) is 7.11. The van der Waals surface area contributed by atoms with E-state index < -0.39 is 30.9 Å². The molecular formula is C28H32F7N3. The van der Waals surface area contributed by atoms with Gasteiger partial charge < -0.3 is 4.90 Å². The van der Waals surface area contributed by atoms with Crippen molar-refractivity contribution in [3.63, 3.8) is 0 Å². The van der Waals surface area contributed by atoms with Crippen LogP contribution in [-0.4, -0.2) is 55.3 Å². The van der Waals surface area contributed by atoms with Gasteiger partial charge in [0.05, 0.1) is 5.69 Å². The van der Waals surface area contributed by atoms with Crippen LogP contribution in [0.1, 0.15) is 38.0 Å². The minimum absolute atomic E-state index is 0. The van der Waals surface area contributed by atoms with Crippen molar-refractivity contribution in [1.82, 2.24) is 9.88 Å². The van der Waals surface area contributed by atoms with E-state index in [1.807, 2.05) is 38.2 Å². The lowest BCUT2D eigenvalue weighted by atomic mass is 9.96. The molecule has 0 amide bonds. The van der Waals surface area contributed by atoms with Gasteiger partial charge >= 0.3 is 18.0 Å². The molecule has 1 aromatic heterocycles. The van der Waals surface area contributed by atoms with E-state index in [9.17, 15) is 30.7 Å². The van der Waals surface area contributed by atoms with E-state index in [1.54, 1.807) is 42.5 Å². The van der Waals surface area contributed by atoms with Gasteiger partial charge in [-0.2, -0.15) is 30.7 Å². The molecule has 1 heterocycles.